The predicted molar refractivity (Wildman–Crippen MR) is 24.3 cm³/mol. The second kappa shape index (κ2) is 2.58. The van der Waals surface area contributed by atoms with Gasteiger partial charge in [-0.05, 0) is 13.8 Å². The van der Waals surface area contributed by atoms with Crippen LogP contribution in [0.5, 0.6) is 0 Å². The standard InChI is InChI=1S/C3H7NO4/c1-3(2,5)7-8-4-6/h5H,1-2H3. The number of nitrogens with zero attached hydrogens (tertiary/aromatic N) is 1. The molecular weight excluding hydrogens is 114 g/mol. The maximum atomic E-state index is 9.14. The lowest BCUT2D eigenvalue weighted by molar-refractivity contribution is -0.410. The van der Waals surface area contributed by atoms with Crippen LogP contribution in [0.2, 0.25) is 0 Å². The summed E-state index contributed by atoms with van der Waals surface area (Å²) < 4.78 is 0. The average molecular weight is 121 g/mol. The van der Waals surface area contributed by atoms with Gasteiger partial charge in [0.2, 0.25) is 5.79 Å². The van der Waals surface area contributed by atoms with Gasteiger partial charge < -0.3 is 5.11 Å². The molecule has 0 aromatic carbocycles. The van der Waals surface area contributed by atoms with Crippen molar-refractivity contribution in [1.29, 1.82) is 0 Å². The molecule has 0 saturated carbocycles. The van der Waals surface area contributed by atoms with Crippen molar-refractivity contribution in [2.45, 2.75) is 19.6 Å². The predicted octanol–water partition coefficient (Wildman–Crippen LogP) is 0.344. The molecule has 0 aliphatic carbocycles. The first-order valence-electron chi connectivity index (χ1n) is 1.96. The topological polar surface area (TPSA) is 68.1 Å². The molecular formula is C3H7NO4. The number of aliphatic hydroxyl groups is 1. The Morgan fingerprint density at radius 1 is 1.62 bits per heavy atom. The molecule has 5 heteroatoms. The molecule has 0 heterocycles. The smallest absolute Gasteiger partial charge is 0.208 e. The van der Waals surface area contributed by atoms with E-state index in [4.69, 9.17) is 10.0 Å². The van der Waals surface area contributed by atoms with Crippen LogP contribution in [-0.2, 0) is 9.88 Å². The van der Waals surface area contributed by atoms with E-state index in [0.29, 0.717) is 0 Å². The summed E-state index contributed by atoms with van der Waals surface area (Å²) in [5.74, 6) is -1.46. The first kappa shape index (κ1) is 7.32. The highest BCUT2D eigenvalue weighted by molar-refractivity contribution is 4.41. The van der Waals surface area contributed by atoms with Crippen LogP contribution in [0.25, 0.3) is 0 Å². The Morgan fingerprint density at radius 2 is 2.12 bits per heavy atom. The summed E-state index contributed by atoms with van der Waals surface area (Å²) in [6, 6.07) is 0. The monoisotopic (exact) mass is 121 g/mol. The Hall–Kier alpha value is -0.680. The van der Waals surface area contributed by atoms with Crippen molar-refractivity contribution in [1.82, 2.24) is 0 Å². The zero-order valence-electron chi connectivity index (χ0n) is 4.62. The molecule has 0 aromatic rings. The quantitative estimate of drug-likeness (QED) is 0.253. The second-order valence-electron chi connectivity index (χ2n) is 1.68. The lowest BCUT2D eigenvalue weighted by Gasteiger charge is -2.10. The van der Waals surface area contributed by atoms with Gasteiger partial charge in [-0.2, -0.15) is 4.99 Å². The molecule has 0 aliphatic heterocycles. The molecule has 0 fully saturated rings. The lowest BCUT2D eigenvalue weighted by Crippen LogP contribution is -2.21. The van der Waals surface area contributed by atoms with Crippen LogP contribution in [0.15, 0.2) is 5.34 Å². The summed E-state index contributed by atoms with van der Waals surface area (Å²) in [6.45, 7) is 2.61. The lowest BCUT2D eigenvalue weighted by atomic mass is 10.4. The molecule has 0 saturated heterocycles. The van der Waals surface area contributed by atoms with E-state index in [9.17, 15) is 0 Å². The van der Waals surface area contributed by atoms with Crippen molar-refractivity contribution in [2.24, 2.45) is 5.34 Å². The largest absolute Gasteiger partial charge is 0.363 e. The third-order valence-electron chi connectivity index (χ3n) is 0.272. The normalized spacial score (nSPS) is 10.9. The molecule has 0 amide bonds. The van der Waals surface area contributed by atoms with E-state index in [1.165, 1.54) is 13.8 Å². The van der Waals surface area contributed by atoms with Gasteiger partial charge in [-0.1, -0.05) is 0 Å². The summed E-state index contributed by atoms with van der Waals surface area (Å²) in [6.07, 6.45) is 0. The fraction of sp³-hybridized carbons (Fsp3) is 1.00. The molecule has 0 aromatic heterocycles. The van der Waals surface area contributed by atoms with Gasteiger partial charge in [-0.25, -0.2) is 0 Å². The third kappa shape index (κ3) is 5.32. The van der Waals surface area contributed by atoms with Gasteiger partial charge >= 0.3 is 0 Å². The van der Waals surface area contributed by atoms with E-state index in [0.717, 1.165) is 0 Å². The Kier molecular flexibility index (Phi) is 2.36. The van der Waals surface area contributed by atoms with Crippen LogP contribution >= 0.6 is 0 Å². The molecule has 0 spiro atoms. The maximum absolute atomic E-state index is 9.14. The average Bonchev–Trinajstić information content (AvgIpc) is 1.59. The van der Waals surface area contributed by atoms with Crippen molar-refractivity contribution in [2.75, 3.05) is 0 Å². The summed E-state index contributed by atoms with van der Waals surface area (Å²) in [5, 5.41) is 10.5. The number of hydrogen-bond donors (Lipinski definition) is 1. The highest BCUT2D eigenvalue weighted by Gasteiger charge is 2.14. The van der Waals surface area contributed by atoms with Crippen molar-refractivity contribution < 1.29 is 15.0 Å². The van der Waals surface area contributed by atoms with Gasteiger partial charge in [0, 0.05) is 0 Å². The van der Waals surface area contributed by atoms with Crippen LogP contribution in [0.3, 0.4) is 0 Å². The first-order chi connectivity index (χ1) is 3.56. The van der Waals surface area contributed by atoms with Gasteiger partial charge in [0.1, 0.15) is 0 Å². The Morgan fingerprint density at radius 3 is 2.25 bits per heavy atom. The zero-order valence-corrected chi connectivity index (χ0v) is 4.62. The molecule has 5 nitrogen and oxygen atoms in total. The number of rotatable bonds is 3. The van der Waals surface area contributed by atoms with Crippen molar-refractivity contribution >= 4 is 0 Å². The molecule has 0 atom stereocenters. The van der Waals surface area contributed by atoms with Crippen molar-refractivity contribution in [3.63, 3.8) is 0 Å². The van der Waals surface area contributed by atoms with Gasteiger partial charge in [0.15, 0.2) is 5.34 Å². The maximum Gasteiger partial charge on any atom is 0.208 e. The highest BCUT2D eigenvalue weighted by atomic mass is 17.3. The highest BCUT2D eigenvalue weighted by Crippen LogP contribution is 2.02. The van der Waals surface area contributed by atoms with E-state index in [2.05, 4.69) is 9.88 Å². The SMILES string of the molecule is CC(C)(O)OON=O. The molecule has 48 valence electrons. The Labute approximate surface area is 46.1 Å². The fourth-order valence-electron chi connectivity index (χ4n) is 0.106. The van der Waals surface area contributed by atoms with E-state index < -0.39 is 5.79 Å². The van der Waals surface area contributed by atoms with E-state index in [-0.39, 0.29) is 0 Å². The summed E-state index contributed by atoms with van der Waals surface area (Å²) in [7, 11) is 0. The van der Waals surface area contributed by atoms with Gasteiger partial charge in [-0.15, -0.1) is 9.79 Å². The van der Waals surface area contributed by atoms with E-state index in [1.54, 1.807) is 0 Å². The van der Waals surface area contributed by atoms with Crippen molar-refractivity contribution in [3.05, 3.63) is 4.91 Å². The Bertz CT molecular complexity index is 75.8. The summed E-state index contributed by atoms with van der Waals surface area (Å²) >= 11 is 0. The van der Waals surface area contributed by atoms with Crippen LogP contribution < -0.4 is 0 Å². The minimum atomic E-state index is -1.46. The molecule has 0 unspecified atom stereocenters. The zero-order chi connectivity index (χ0) is 6.62. The van der Waals surface area contributed by atoms with Crippen molar-refractivity contribution in [3.8, 4) is 0 Å². The first-order valence-corrected chi connectivity index (χ1v) is 1.96. The van der Waals surface area contributed by atoms with Crippen LogP contribution in [0.4, 0.5) is 0 Å². The van der Waals surface area contributed by atoms with E-state index >= 15 is 0 Å². The molecule has 0 rings (SSSR count). The summed E-state index contributed by atoms with van der Waals surface area (Å²) in [4.78, 5) is 16.6. The van der Waals surface area contributed by atoms with Gasteiger partial charge in [0.25, 0.3) is 0 Å². The minimum absolute atomic E-state index is 1.30. The van der Waals surface area contributed by atoms with Crippen LogP contribution in [0.1, 0.15) is 13.8 Å². The third-order valence-corrected chi connectivity index (χ3v) is 0.272. The molecule has 0 radical (unpaired) electrons. The second-order valence-corrected chi connectivity index (χ2v) is 1.68. The van der Waals surface area contributed by atoms with Gasteiger partial charge in [0.05, 0.1) is 0 Å². The number of hydrogen-bond acceptors (Lipinski definition) is 5. The minimum Gasteiger partial charge on any atom is -0.363 e. The molecule has 1 N–H and O–H groups in total. The fourth-order valence-corrected chi connectivity index (χ4v) is 0.106. The molecule has 0 bridgehead atoms. The van der Waals surface area contributed by atoms with Crippen LogP contribution in [0, 0.1) is 4.91 Å². The summed E-state index contributed by atoms with van der Waals surface area (Å²) in [5.41, 5.74) is 0. The molecule has 0 aliphatic rings. The molecule has 8 heavy (non-hydrogen) atoms. The van der Waals surface area contributed by atoms with E-state index in [1.807, 2.05) is 5.34 Å². The van der Waals surface area contributed by atoms with Gasteiger partial charge in [-0.3, -0.25) is 0 Å². The Balaban J connectivity index is 3.24. The van der Waals surface area contributed by atoms with Crippen LogP contribution in [-0.4, -0.2) is 10.9 Å².